The molecule has 0 aliphatic carbocycles. The van der Waals surface area contributed by atoms with Crippen molar-refractivity contribution in [2.75, 3.05) is 13.7 Å². The zero-order valence-corrected chi connectivity index (χ0v) is 14.8. The van der Waals surface area contributed by atoms with Crippen LogP contribution in [0, 0.1) is 0 Å². The number of Topliss-reactive ketones (excluding diaryl/α,β-unsaturated/α-hetero) is 2. The smallest absolute Gasteiger partial charge is 0.334 e. The third-order valence-electron chi connectivity index (χ3n) is 3.68. The lowest BCUT2D eigenvalue weighted by molar-refractivity contribution is -0.147. The summed E-state index contributed by atoms with van der Waals surface area (Å²) in [5.74, 6) is -1.42. The molecule has 0 aliphatic heterocycles. The van der Waals surface area contributed by atoms with Crippen LogP contribution in [0.25, 0.3) is 0 Å². The quantitative estimate of drug-likeness (QED) is 0.441. The van der Waals surface area contributed by atoms with Gasteiger partial charge < -0.3 is 15.2 Å². The maximum atomic E-state index is 12.9. The second-order valence-electron chi connectivity index (χ2n) is 5.36. The van der Waals surface area contributed by atoms with E-state index >= 15 is 0 Å². The summed E-state index contributed by atoms with van der Waals surface area (Å²) in [4.78, 5) is 37.6. The highest BCUT2D eigenvalue weighted by Crippen LogP contribution is 2.22. The van der Waals surface area contributed by atoms with Gasteiger partial charge in [-0.3, -0.25) is 9.59 Å². The molecule has 7 heteroatoms. The maximum Gasteiger partial charge on any atom is 0.334 e. The first-order chi connectivity index (χ1) is 11.9. The Morgan fingerprint density at radius 2 is 1.80 bits per heavy atom. The Morgan fingerprint density at radius 3 is 2.32 bits per heavy atom. The Bertz CT molecular complexity index is 754. The number of esters is 1. The molecule has 25 heavy (non-hydrogen) atoms. The van der Waals surface area contributed by atoms with Gasteiger partial charge in [-0.15, -0.1) is 0 Å². The summed E-state index contributed by atoms with van der Waals surface area (Å²) in [6, 6.07) is 7.78. The van der Waals surface area contributed by atoms with Gasteiger partial charge in [0.2, 0.25) is 0 Å². The van der Waals surface area contributed by atoms with Crippen molar-refractivity contribution in [1.29, 1.82) is 0 Å². The van der Waals surface area contributed by atoms with Crippen LogP contribution in [0.5, 0.6) is 5.75 Å². The largest absolute Gasteiger partial charge is 0.497 e. The number of rotatable bonds is 8. The van der Waals surface area contributed by atoms with E-state index in [2.05, 4.69) is 0 Å². The zero-order chi connectivity index (χ0) is 18.4. The maximum absolute atomic E-state index is 12.9. The lowest BCUT2D eigenvalue weighted by Gasteiger charge is -2.25. The van der Waals surface area contributed by atoms with E-state index in [-0.39, 0.29) is 12.2 Å². The average molecular weight is 361 g/mol. The Morgan fingerprint density at radius 1 is 1.12 bits per heavy atom. The molecule has 2 N–H and O–H groups in total. The van der Waals surface area contributed by atoms with Crippen LogP contribution in [0.2, 0.25) is 0 Å². The first kappa shape index (κ1) is 18.8. The second kappa shape index (κ2) is 8.04. The van der Waals surface area contributed by atoms with Gasteiger partial charge >= 0.3 is 5.97 Å². The zero-order valence-electron chi connectivity index (χ0n) is 14.0. The summed E-state index contributed by atoms with van der Waals surface area (Å²) < 4.78 is 10.0. The molecule has 2 aromatic rings. The molecule has 0 spiro atoms. The number of benzene rings is 1. The first-order valence-corrected chi connectivity index (χ1v) is 8.57. The number of carbonyl (C=O) groups excluding carboxylic acids is 3. The SMILES string of the molecule is CCOC(=O)C(N)(CC(=O)c1ccsc1)C(=O)c1ccc(OC)cc1. The third kappa shape index (κ3) is 4.12. The number of carbonyl (C=O) groups is 3. The molecule has 1 atom stereocenters. The minimum absolute atomic E-state index is 0.0559. The number of ketones is 2. The van der Waals surface area contributed by atoms with E-state index in [1.807, 2.05) is 0 Å². The third-order valence-corrected chi connectivity index (χ3v) is 4.36. The molecule has 2 rings (SSSR count). The van der Waals surface area contributed by atoms with Gasteiger partial charge in [-0.1, -0.05) is 0 Å². The van der Waals surface area contributed by atoms with Crippen LogP contribution in [0.3, 0.4) is 0 Å². The summed E-state index contributed by atoms with van der Waals surface area (Å²) in [5, 5.41) is 3.38. The monoisotopic (exact) mass is 361 g/mol. The summed E-state index contributed by atoms with van der Waals surface area (Å²) in [6.45, 7) is 1.66. The van der Waals surface area contributed by atoms with E-state index in [4.69, 9.17) is 15.2 Å². The van der Waals surface area contributed by atoms with Crippen molar-refractivity contribution in [2.45, 2.75) is 18.9 Å². The fourth-order valence-corrected chi connectivity index (χ4v) is 2.94. The van der Waals surface area contributed by atoms with Gasteiger partial charge in [-0.25, -0.2) is 4.79 Å². The topological polar surface area (TPSA) is 95.7 Å². The number of hydrogen-bond acceptors (Lipinski definition) is 7. The second-order valence-corrected chi connectivity index (χ2v) is 6.14. The van der Waals surface area contributed by atoms with Gasteiger partial charge in [0.25, 0.3) is 0 Å². The van der Waals surface area contributed by atoms with Gasteiger partial charge in [-0.05, 0) is 42.6 Å². The molecule has 132 valence electrons. The molecule has 6 nitrogen and oxygen atoms in total. The number of methoxy groups -OCH3 is 1. The molecule has 0 amide bonds. The van der Waals surface area contributed by atoms with E-state index in [1.54, 1.807) is 35.9 Å². The van der Waals surface area contributed by atoms with Crippen molar-refractivity contribution in [3.8, 4) is 5.75 Å². The molecule has 1 aromatic carbocycles. The Hall–Kier alpha value is -2.51. The minimum atomic E-state index is -2.08. The summed E-state index contributed by atoms with van der Waals surface area (Å²) in [7, 11) is 1.50. The lowest BCUT2D eigenvalue weighted by Crippen LogP contribution is -2.57. The van der Waals surface area contributed by atoms with E-state index in [0.717, 1.165) is 0 Å². The van der Waals surface area contributed by atoms with Crippen LogP contribution < -0.4 is 10.5 Å². The molecule has 1 aromatic heterocycles. The van der Waals surface area contributed by atoms with Crippen molar-refractivity contribution >= 4 is 28.9 Å². The highest BCUT2D eigenvalue weighted by molar-refractivity contribution is 7.08. The van der Waals surface area contributed by atoms with Gasteiger partial charge in [-0.2, -0.15) is 11.3 Å². The molecule has 0 saturated heterocycles. The highest BCUT2D eigenvalue weighted by Gasteiger charge is 2.45. The van der Waals surface area contributed by atoms with Crippen LogP contribution in [0.4, 0.5) is 0 Å². The van der Waals surface area contributed by atoms with Gasteiger partial charge in [0.15, 0.2) is 17.1 Å². The van der Waals surface area contributed by atoms with Gasteiger partial charge in [0, 0.05) is 22.9 Å². The van der Waals surface area contributed by atoms with Crippen LogP contribution in [-0.2, 0) is 9.53 Å². The molecule has 0 radical (unpaired) electrons. The molecule has 0 bridgehead atoms. The molecular weight excluding hydrogens is 342 g/mol. The highest BCUT2D eigenvalue weighted by atomic mass is 32.1. The predicted molar refractivity (Wildman–Crippen MR) is 94.1 cm³/mol. The van der Waals surface area contributed by atoms with E-state index in [0.29, 0.717) is 11.3 Å². The standard InChI is InChI=1S/C18H19NO5S/c1-3-24-17(22)18(19,10-15(20)13-8-9-25-11-13)16(21)12-4-6-14(23-2)7-5-12/h4-9,11H,3,10,19H2,1-2H3. The summed E-state index contributed by atoms with van der Waals surface area (Å²) in [5.41, 5.74) is 4.64. The molecule has 1 heterocycles. The average Bonchev–Trinajstić information content (AvgIpc) is 3.16. The fourth-order valence-electron chi connectivity index (χ4n) is 2.28. The number of hydrogen-bond donors (Lipinski definition) is 1. The van der Waals surface area contributed by atoms with Crippen LogP contribution in [0.1, 0.15) is 34.1 Å². The predicted octanol–water partition coefficient (Wildman–Crippen LogP) is 2.47. The van der Waals surface area contributed by atoms with Crippen LogP contribution in [0.15, 0.2) is 41.1 Å². The normalized spacial score (nSPS) is 12.9. The van der Waals surface area contributed by atoms with Gasteiger partial charge in [0.1, 0.15) is 5.75 Å². The Labute approximate surface area is 149 Å². The minimum Gasteiger partial charge on any atom is -0.497 e. The molecular formula is C18H19NO5S. The first-order valence-electron chi connectivity index (χ1n) is 7.62. The van der Waals surface area contributed by atoms with Crippen molar-refractivity contribution in [3.63, 3.8) is 0 Å². The van der Waals surface area contributed by atoms with E-state index < -0.39 is 29.5 Å². The lowest BCUT2D eigenvalue weighted by atomic mass is 9.84. The van der Waals surface area contributed by atoms with Crippen LogP contribution in [-0.4, -0.2) is 36.8 Å². The summed E-state index contributed by atoms with van der Waals surface area (Å²) >= 11 is 1.34. The fraction of sp³-hybridized carbons (Fsp3) is 0.278. The molecule has 1 unspecified atom stereocenters. The number of ether oxygens (including phenoxy) is 2. The Balaban J connectivity index is 2.34. The van der Waals surface area contributed by atoms with Crippen LogP contribution >= 0.6 is 11.3 Å². The summed E-state index contributed by atoms with van der Waals surface area (Å²) in [6.07, 6.45) is -0.465. The van der Waals surface area contributed by atoms with Crippen molar-refractivity contribution < 1.29 is 23.9 Å². The Kier molecular flexibility index (Phi) is 6.06. The van der Waals surface area contributed by atoms with Gasteiger partial charge in [0.05, 0.1) is 13.7 Å². The van der Waals surface area contributed by atoms with Crippen molar-refractivity contribution in [3.05, 3.63) is 52.2 Å². The van der Waals surface area contributed by atoms with E-state index in [1.165, 1.54) is 30.6 Å². The van der Waals surface area contributed by atoms with E-state index in [9.17, 15) is 14.4 Å². The molecule has 0 fully saturated rings. The molecule has 0 saturated carbocycles. The number of thiophene rings is 1. The number of nitrogens with two attached hydrogens (primary N) is 1. The molecule has 0 aliphatic rings. The van der Waals surface area contributed by atoms with Crippen molar-refractivity contribution in [2.24, 2.45) is 5.73 Å². The van der Waals surface area contributed by atoms with Crippen molar-refractivity contribution in [1.82, 2.24) is 0 Å².